The van der Waals surface area contributed by atoms with E-state index in [0.29, 0.717) is 47.6 Å². The summed E-state index contributed by atoms with van der Waals surface area (Å²) in [4.78, 5) is 29.3. The van der Waals surface area contributed by atoms with Crippen LogP contribution in [0.4, 0.5) is 10.1 Å². The van der Waals surface area contributed by atoms with Crippen LogP contribution >= 0.6 is 11.3 Å². The summed E-state index contributed by atoms with van der Waals surface area (Å²) in [6, 6.07) is 12.5. The number of ketones is 1. The van der Waals surface area contributed by atoms with Gasteiger partial charge in [0.1, 0.15) is 5.82 Å². The van der Waals surface area contributed by atoms with Gasteiger partial charge in [-0.2, -0.15) is 0 Å². The summed E-state index contributed by atoms with van der Waals surface area (Å²) in [5.74, 6) is -0.355. The van der Waals surface area contributed by atoms with E-state index >= 15 is 0 Å². The number of thiophene rings is 1. The monoisotopic (exact) mass is 426 g/mol. The minimum absolute atomic E-state index is 0.0450. The fourth-order valence-corrected chi connectivity index (χ4v) is 5.03. The number of rotatable bonds is 5. The van der Waals surface area contributed by atoms with Crippen LogP contribution in [0.5, 0.6) is 0 Å². The maximum atomic E-state index is 14.4. The Kier molecular flexibility index (Phi) is 5.83. The molecule has 156 valence electrons. The molecule has 7 heteroatoms. The lowest BCUT2D eigenvalue weighted by molar-refractivity contribution is 0.0747. The van der Waals surface area contributed by atoms with E-state index in [4.69, 9.17) is 4.74 Å². The van der Waals surface area contributed by atoms with E-state index in [0.717, 1.165) is 10.4 Å². The fraction of sp³-hybridized carbons (Fsp3) is 0.304. The summed E-state index contributed by atoms with van der Waals surface area (Å²) < 4.78 is 20.4. The number of carbonyl (C=O) groups excluding carboxylic acids is 2. The molecule has 1 fully saturated rings. The van der Waals surface area contributed by atoms with Gasteiger partial charge in [-0.15, -0.1) is 11.3 Å². The van der Waals surface area contributed by atoms with Crippen molar-refractivity contribution in [3.05, 3.63) is 64.3 Å². The smallest absolute Gasteiger partial charge is 0.264 e. The normalized spacial score (nSPS) is 14.4. The summed E-state index contributed by atoms with van der Waals surface area (Å²) in [6.45, 7) is 4.31. The standard InChI is InChI=1S/C23H23FN2O3S/c1-15(27)16-6-8-17(9-7-16)25-10-12-26(13-11-25)23(28)22-18(14-29-2)21-19(24)4-3-5-20(21)30-22/h3-9H,10-14H2,1-2H3. The summed E-state index contributed by atoms with van der Waals surface area (Å²) >= 11 is 1.32. The molecule has 3 aromatic rings. The van der Waals surface area contributed by atoms with Crippen molar-refractivity contribution in [3.8, 4) is 0 Å². The van der Waals surface area contributed by atoms with Crippen molar-refractivity contribution >= 4 is 38.8 Å². The maximum Gasteiger partial charge on any atom is 0.264 e. The topological polar surface area (TPSA) is 49.9 Å². The van der Waals surface area contributed by atoms with Crippen molar-refractivity contribution in [1.29, 1.82) is 0 Å². The lowest BCUT2D eigenvalue weighted by Crippen LogP contribution is -2.48. The van der Waals surface area contributed by atoms with Gasteiger partial charge in [0.2, 0.25) is 0 Å². The minimum atomic E-state index is -0.325. The molecule has 0 N–H and O–H groups in total. The van der Waals surface area contributed by atoms with E-state index in [2.05, 4.69) is 4.90 Å². The van der Waals surface area contributed by atoms with Crippen molar-refractivity contribution in [1.82, 2.24) is 4.90 Å². The molecule has 0 saturated carbocycles. The van der Waals surface area contributed by atoms with Gasteiger partial charge >= 0.3 is 0 Å². The van der Waals surface area contributed by atoms with E-state index in [-0.39, 0.29) is 24.1 Å². The first-order chi connectivity index (χ1) is 14.5. The van der Waals surface area contributed by atoms with Crippen LogP contribution in [-0.2, 0) is 11.3 Å². The van der Waals surface area contributed by atoms with Crippen molar-refractivity contribution in [2.75, 3.05) is 38.2 Å². The summed E-state index contributed by atoms with van der Waals surface area (Å²) in [7, 11) is 1.55. The molecule has 0 bridgehead atoms. The molecule has 0 unspecified atom stereocenters. The zero-order chi connectivity index (χ0) is 21.3. The molecule has 0 atom stereocenters. The number of amides is 1. The number of fused-ring (bicyclic) bond motifs is 1. The molecule has 2 aromatic carbocycles. The molecule has 0 spiro atoms. The van der Waals surface area contributed by atoms with Gasteiger partial charge in [-0.05, 0) is 43.3 Å². The second kappa shape index (κ2) is 8.53. The first-order valence-corrected chi connectivity index (χ1v) is 10.6. The Hall–Kier alpha value is -2.77. The number of anilines is 1. The molecule has 4 rings (SSSR count). The molecule has 1 amide bonds. The molecular formula is C23H23FN2O3S. The van der Waals surface area contributed by atoms with E-state index < -0.39 is 0 Å². The maximum absolute atomic E-state index is 14.4. The number of methoxy groups -OCH3 is 1. The Morgan fingerprint density at radius 1 is 1.07 bits per heavy atom. The van der Waals surface area contributed by atoms with Crippen molar-refractivity contribution in [3.63, 3.8) is 0 Å². The van der Waals surface area contributed by atoms with Crippen LogP contribution in [-0.4, -0.2) is 49.9 Å². The second-order valence-electron chi connectivity index (χ2n) is 7.34. The van der Waals surface area contributed by atoms with Gasteiger partial charge in [-0.1, -0.05) is 6.07 Å². The molecule has 1 aliphatic rings. The predicted molar refractivity (Wildman–Crippen MR) is 117 cm³/mol. The van der Waals surface area contributed by atoms with Crippen LogP contribution in [0.2, 0.25) is 0 Å². The van der Waals surface area contributed by atoms with Crippen molar-refractivity contribution in [2.45, 2.75) is 13.5 Å². The quantitative estimate of drug-likeness (QED) is 0.569. The Bertz CT molecular complexity index is 1090. The molecule has 1 aromatic heterocycles. The average molecular weight is 427 g/mol. The average Bonchev–Trinajstić information content (AvgIpc) is 3.13. The van der Waals surface area contributed by atoms with Gasteiger partial charge in [0.05, 0.1) is 11.5 Å². The van der Waals surface area contributed by atoms with E-state index in [1.54, 1.807) is 20.1 Å². The molecule has 30 heavy (non-hydrogen) atoms. The number of hydrogen-bond donors (Lipinski definition) is 0. The zero-order valence-electron chi connectivity index (χ0n) is 17.0. The van der Waals surface area contributed by atoms with E-state index in [9.17, 15) is 14.0 Å². The highest BCUT2D eigenvalue weighted by molar-refractivity contribution is 7.21. The van der Waals surface area contributed by atoms with Crippen LogP contribution in [0.15, 0.2) is 42.5 Å². The molecule has 0 radical (unpaired) electrons. The van der Waals surface area contributed by atoms with Gasteiger partial charge in [-0.3, -0.25) is 9.59 Å². The molecular weight excluding hydrogens is 403 g/mol. The largest absolute Gasteiger partial charge is 0.380 e. The molecule has 1 saturated heterocycles. The van der Waals surface area contributed by atoms with Gasteiger partial charge in [-0.25, -0.2) is 4.39 Å². The highest BCUT2D eigenvalue weighted by Gasteiger charge is 2.27. The number of benzene rings is 2. The minimum Gasteiger partial charge on any atom is -0.380 e. The number of carbonyl (C=O) groups is 2. The third-order valence-corrected chi connectivity index (χ3v) is 6.64. The molecule has 5 nitrogen and oxygen atoms in total. The molecule has 0 aliphatic carbocycles. The van der Waals surface area contributed by atoms with Crippen LogP contribution in [0, 0.1) is 5.82 Å². The number of Topliss-reactive ketones (excluding diaryl/α,β-unsaturated/α-hetero) is 1. The lowest BCUT2D eigenvalue weighted by atomic mass is 10.1. The van der Waals surface area contributed by atoms with Gasteiger partial charge in [0.15, 0.2) is 5.78 Å². The number of ether oxygens (including phenoxy) is 1. The van der Waals surface area contributed by atoms with Crippen LogP contribution in [0.3, 0.4) is 0 Å². The third-order valence-electron chi connectivity index (χ3n) is 5.45. The van der Waals surface area contributed by atoms with Gasteiger partial charge < -0.3 is 14.5 Å². The SMILES string of the molecule is COCc1c(C(=O)N2CCN(c3ccc(C(C)=O)cc3)CC2)sc2cccc(F)c12. The summed E-state index contributed by atoms with van der Waals surface area (Å²) in [5.41, 5.74) is 2.36. The lowest BCUT2D eigenvalue weighted by Gasteiger charge is -2.36. The number of piperazine rings is 1. The van der Waals surface area contributed by atoms with E-state index in [1.807, 2.05) is 35.2 Å². The second-order valence-corrected chi connectivity index (χ2v) is 8.39. The van der Waals surface area contributed by atoms with Crippen molar-refractivity contribution in [2.24, 2.45) is 0 Å². The third kappa shape index (κ3) is 3.82. The van der Waals surface area contributed by atoms with Crippen LogP contribution in [0.1, 0.15) is 32.5 Å². The Balaban J connectivity index is 1.51. The number of nitrogens with zero attached hydrogens (tertiary/aromatic N) is 2. The van der Waals surface area contributed by atoms with Crippen LogP contribution < -0.4 is 4.90 Å². The van der Waals surface area contributed by atoms with E-state index in [1.165, 1.54) is 17.4 Å². The van der Waals surface area contributed by atoms with Gasteiger partial charge in [0, 0.05) is 60.2 Å². The highest BCUT2D eigenvalue weighted by atomic mass is 32.1. The first kappa shape index (κ1) is 20.5. The number of hydrogen-bond acceptors (Lipinski definition) is 5. The van der Waals surface area contributed by atoms with Crippen LogP contribution in [0.25, 0.3) is 10.1 Å². The fourth-order valence-electron chi connectivity index (χ4n) is 3.84. The Labute approximate surface area is 178 Å². The predicted octanol–water partition coefficient (Wildman–Crippen LogP) is 4.35. The molecule has 1 aliphatic heterocycles. The number of halogens is 1. The first-order valence-electron chi connectivity index (χ1n) is 9.83. The Morgan fingerprint density at radius 2 is 1.77 bits per heavy atom. The highest BCUT2D eigenvalue weighted by Crippen LogP contribution is 2.35. The molecule has 2 heterocycles. The summed E-state index contributed by atoms with van der Waals surface area (Å²) in [6.07, 6.45) is 0. The Morgan fingerprint density at radius 3 is 2.40 bits per heavy atom. The zero-order valence-corrected chi connectivity index (χ0v) is 17.8. The van der Waals surface area contributed by atoms with Gasteiger partial charge in [0.25, 0.3) is 5.91 Å². The van der Waals surface area contributed by atoms with Crippen molar-refractivity contribution < 1.29 is 18.7 Å². The summed E-state index contributed by atoms with van der Waals surface area (Å²) in [5, 5.41) is 0.483.